The van der Waals surface area contributed by atoms with Crippen LogP contribution in [0.25, 0.3) is 0 Å². The van der Waals surface area contributed by atoms with Crippen LogP contribution in [0.3, 0.4) is 0 Å². The highest BCUT2D eigenvalue weighted by atomic mass is 19.1. The molecule has 1 saturated heterocycles. The number of likely N-dealkylation sites (tertiary alicyclic amines) is 1. The number of nitrogens with one attached hydrogen (secondary N) is 1. The zero-order valence-electron chi connectivity index (χ0n) is 15.4. The van der Waals surface area contributed by atoms with Crippen molar-refractivity contribution >= 4 is 11.8 Å². The molecule has 1 aromatic heterocycles. The van der Waals surface area contributed by atoms with Gasteiger partial charge < -0.3 is 10.2 Å². The molecule has 1 N–H and O–H groups in total. The largest absolute Gasteiger partial charge is 0.347 e. The first kappa shape index (κ1) is 18.3. The molecule has 2 heterocycles. The van der Waals surface area contributed by atoms with Crippen LogP contribution < -0.4 is 5.32 Å². The highest BCUT2D eigenvalue weighted by Gasteiger charge is 2.55. The number of carbonyl (C=O) groups excluding carboxylic acids is 2. The second-order valence-corrected chi connectivity index (χ2v) is 7.40. The molecule has 8 heteroatoms. The number of benzene rings is 1. The van der Waals surface area contributed by atoms with Crippen LogP contribution in [0, 0.1) is 5.82 Å². The molecule has 2 aliphatic rings. The van der Waals surface area contributed by atoms with Crippen molar-refractivity contribution in [1.82, 2.24) is 25.2 Å². The minimum Gasteiger partial charge on any atom is -0.347 e. The van der Waals surface area contributed by atoms with Crippen LogP contribution in [0.1, 0.15) is 30.7 Å². The molecule has 0 spiro atoms. The molecule has 0 radical (unpaired) electrons. The van der Waals surface area contributed by atoms with E-state index < -0.39 is 5.54 Å². The Hall–Kier alpha value is -3.03. The summed E-state index contributed by atoms with van der Waals surface area (Å²) in [6.07, 6.45) is 6.65. The first-order chi connectivity index (χ1) is 13.5. The Morgan fingerprint density at radius 3 is 2.64 bits per heavy atom. The molecule has 7 nitrogen and oxygen atoms in total. The number of amides is 2. The topological polar surface area (TPSA) is 80.1 Å². The van der Waals surface area contributed by atoms with Crippen molar-refractivity contribution in [3.8, 4) is 0 Å². The van der Waals surface area contributed by atoms with E-state index in [0.717, 1.165) is 18.4 Å². The highest BCUT2D eigenvalue weighted by Crippen LogP contribution is 2.45. The number of piperidine rings is 1. The first-order valence-electron chi connectivity index (χ1n) is 9.38. The van der Waals surface area contributed by atoms with Crippen molar-refractivity contribution in [3.05, 3.63) is 60.7 Å². The molecule has 1 aromatic carbocycles. The highest BCUT2D eigenvalue weighted by molar-refractivity contribution is 5.88. The second kappa shape index (κ2) is 7.18. The van der Waals surface area contributed by atoms with Gasteiger partial charge in [0.1, 0.15) is 11.4 Å². The Morgan fingerprint density at radius 1 is 1.29 bits per heavy atom. The molecule has 1 aliphatic heterocycles. The van der Waals surface area contributed by atoms with Gasteiger partial charge in [0, 0.05) is 25.2 Å². The van der Waals surface area contributed by atoms with Gasteiger partial charge in [-0.15, -0.1) is 5.10 Å². The molecule has 2 fully saturated rings. The molecular formula is C20H22FN5O2. The molecular weight excluding hydrogens is 361 g/mol. The zero-order chi connectivity index (χ0) is 19.7. The smallest absolute Gasteiger partial charge is 0.250 e. The lowest BCUT2D eigenvalue weighted by Gasteiger charge is -2.40. The Kier molecular flexibility index (Phi) is 4.70. The van der Waals surface area contributed by atoms with Crippen molar-refractivity contribution in [1.29, 1.82) is 0 Å². The third-order valence-corrected chi connectivity index (χ3v) is 5.69. The summed E-state index contributed by atoms with van der Waals surface area (Å²) in [6, 6.07) is 6.04. The maximum absolute atomic E-state index is 13.3. The van der Waals surface area contributed by atoms with Crippen molar-refractivity contribution in [2.24, 2.45) is 0 Å². The number of rotatable bonds is 5. The number of hydrogen-bond acceptors (Lipinski definition) is 4. The van der Waals surface area contributed by atoms with E-state index in [2.05, 4.69) is 22.2 Å². The summed E-state index contributed by atoms with van der Waals surface area (Å²) in [5.41, 5.74) is 0.298. The number of aromatic nitrogens is 3. The van der Waals surface area contributed by atoms with Gasteiger partial charge in [-0.2, -0.15) is 0 Å². The summed E-state index contributed by atoms with van der Waals surface area (Å²) < 4.78 is 14.9. The quantitative estimate of drug-likeness (QED) is 0.796. The lowest BCUT2D eigenvalue weighted by molar-refractivity contribution is -0.138. The summed E-state index contributed by atoms with van der Waals surface area (Å²) in [4.78, 5) is 27.0. The van der Waals surface area contributed by atoms with Crippen molar-refractivity contribution in [2.75, 3.05) is 13.1 Å². The molecule has 0 bridgehead atoms. The molecule has 2 aromatic rings. The SMILES string of the molecule is C=CC(=O)N[C@@H]1CN(C(=O)C2(n3ccnn3)CC2)CC[C@H]1c1ccc(F)cc1. The average Bonchev–Trinajstić information content (AvgIpc) is 3.33. The van der Waals surface area contributed by atoms with Crippen molar-refractivity contribution in [3.63, 3.8) is 0 Å². The average molecular weight is 383 g/mol. The van der Waals surface area contributed by atoms with E-state index in [1.165, 1.54) is 18.2 Å². The number of carbonyl (C=O) groups is 2. The maximum atomic E-state index is 13.3. The Bertz CT molecular complexity index is 877. The van der Waals surface area contributed by atoms with Crippen LogP contribution in [-0.2, 0) is 15.1 Å². The van der Waals surface area contributed by atoms with Gasteiger partial charge in [0.15, 0.2) is 0 Å². The Balaban J connectivity index is 1.55. The van der Waals surface area contributed by atoms with E-state index in [9.17, 15) is 14.0 Å². The van der Waals surface area contributed by atoms with Crippen LogP contribution in [0.4, 0.5) is 4.39 Å². The molecule has 2 atom stereocenters. The lowest BCUT2D eigenvalue weighted by Crippen LogP contribution is -2.55. The van der Waals surface area contributed by atoms with E-state index in [1.807, 2.05) is 0 Å². The van der Waals surface area contributed by atoms with Gasteiger partial charge in [0.25, 0.3) is 5.91 Å². The fourth-order valence-electron chi connectivity index (χ4n) is 4.02. The number of hydrogen-bond donors (Lipinski definition) is 1. The van der Waals surface area contributed by atoms with E-state index in [4.69, 9.17) is 0 Å². The Morgan fingerprint density at radius 2 is 2.04 bits per heavy atom. The minimum atomic E-state index is -0.647. The van der Waals surface area contributed by atoms with Gasteiger partial charge in [0.05, 0.1) is 12.2 Å². The van der Waals surface area contributed by atoms with Gasteiger partial charge in [0.2, 0.25) is 5.91 Å². The number of nitrogens with zero attached hydrogens (tertiary/aromatic N) is 4. The lowest BCUT2D eigenvalue weighted by atomic mass is 9.85. The molecule has 1 aliphatic carbocycles. The molecule has 4 rings (SSSR count). The van der Waals surface area contributed by atoms with Crippen molar-refractivity contribution in [2.45, 2.75) is 36.8 Å². The first-order valence-corrected chi connectivity index (χ1v) is 9.38. The summed E-state index contributed by atoms with van der Waals surface area (Å²) >= 11 is 0. The van der Waals surface area contributed by atoms with Crippen LogP contribution in [0.2, 0.25) is 0 Å². The normalized spacial score (nSPS) is 23.1. The van der Waals surface area contributed by atoms with Gasteiger partial charge in [-0.1, -0.05) is 23.9 Å². The third-order valence-electron chi connectivity index (χ3n) is 5.69. The predicted molar refractivity (Wildman–Crippen MR) is 99.7 cm³/mol. The molecule has 0 unspecified atom stereocenters. The summed E-state index contributed by atoms with van der Waals surface area (Å²) in [6.45, 7) is 4.46. The third kappa shape index (κ3) is 3.30. The fraction of sp³-hybridized carbons (Fsp3) is 0.400. The summed E-state index contributed by atoms with van der Waals surface area (Å²) in [7, 11) is 0. The number of halogens is 1. The van der Waals surface area contributed by atoms with E-state index in [1.54, 1.807) is 34.1 Å². The Labute approximate surface area is 162 Å². The minimum absolute atomic E-state index is 0.00456. The fourth-order valence-corrected chi connectivity index (χ4v) is 4.02. The molecule has 1 saturated carbocycles. The van der Waals surface area contributed by atoms with E-state index in [0.29, 0.717) is 19.5 Å². The second-order valence-electron chi connectivity index (χ2n) is 7.40. The van der Waals surface area contributed by atoms with Gasteiger partial charge in [-0.3, -0.25) is 9.59 Å². The molecule has 2 amide bonds. The van der Waals surface area contributed by atoms with Crippen LogP contribution >= 0.6 is 0 Å². The van der Waals surface area contributed by atoms with Gasteiger partial charge >= 0.3 is 0 Å². The zero-order valence-corrected chi connectivity index (χ0v) is 15.4. The van der Waals surface area contributed by atoms with Crippen LogP contribution in [0.5, 0.6) is 0 Å². The van der Waals surface area contributed by atoms with Crippen LogP contribution in [0.15, 0.2) is 49.3 Å². The molecule has 146 valence electrons. The standard InChI is InChI=1S/C20H22FN5O2/c1-2-18(27)23-17-13-25(11-7-16(17)14-3-5-15(21)6-4-14)19(28)20(8-9-20)26-12-10-22-24-26/h2-6,10,12,16-17H,1,7-9,11,13H2,(H,23,27)/t16-,17+/m0/s1. The van der Waals surface area contributed by atoms with Crippen molar-refractivity contribution < 1.29 is 14.0 Å². The van der Waals surface area contributed by atoms with Crippen LogP contribution in [-0.4, -0.2) is 50.8 Å². The van der Waals surface area contributed by atoms with Gasteiger partial charge in [-0.25, -0.2) is 9.07 Å². The maximum Gasteiger partial charge on any atom is 0.250 e. The van der Waals surface area contributed by atoms with E-state index in [-0.39, 0.29) is 29.6 Å². The van der Waals surface area contributed by atoms with E-state index >= 15 is 0 Å². The monoisotopic (exact) mass is 383 g/mol. The summed E-state index contributed by atoms with van der Waals surface area (Å²) in [5, 5.41) is 10.8. The predicted octanol–water partition coefficient (Wildman–Crippen LogP) is 1.59. The molecule has 28 heavy (non-hydrogen) atoms. The summed E-state index contributed by atoms with van der Waals surface area (Å²) in [5.74, 6) is -0.584. The van der Waals surface area contributed by atoms with Gasteiger partial charge in [-0.05, 0) is 43.0 Å².